The van der Waals surface area contributed by atoms with Crippen molar-refractivity contribution in [2.24, 2.45) is 17.3 Å². The van der Waals surface area contributed by atoms with E-state index in [9.17, 15) is 9.90 Å². The first kappa shape index (κ1) is 20.1. The molecule has 0 spiro atoms. The molecular formula is C27H35NO2. The van der Waals surface area contributed by atoms with Crippen molar-refractivity contribution >= 4 is 11.5 Å². The van der Waals surface area contributed by atoms with Gasteiger partial charge in [-0.3, -0.25) is 4.79 Å². The number of hydrogen-bond acceptors (Lipinski definition) is 3. The van der Waals surface area contributed by atoms with Gasteiger partial charge in [-0.2, -0.15) is 0 Å². The van der Waals surface area contributed by atoms with Gasteiger partial charge in [0.2, 0.25) is 0 Å². The zero-order valence-corrected chi connectivity index (χ0v) is 18.9. The van der Waals surface area contributed by atoms with Gasteiger partial charge in [0.1, 0.15) is 0 Å². The number of carbonyl (C=O) groups excluding carboxylic acids is 1. The maximum atomic E-state index is 12.1. The number of rotatable bonds is 2. The summed E-state index contributed by atoms with van der Waals surface area (Å²) in [4.78, 5) is 14.3. The molecule has 0 aliphatic heterocycles. The highest BCUT2D eigenvalue weighted by atomic mass is 16.3. The first-order valence-corrected chi connectivity index (χ1v) is 11.7. The van der Waals surface area contributed by atoms with Crippen LogP contribution >= 0.6 is 0 Å². The molecule has 4 aliphatic carbocycles. The quantitative estimate of drug-likeness (QED) is 0.716. The minimum absolute atomic E-state index is 0.0572. The number of hydrogen-bond donors (Lipinski definition) is 1. The fourth-order valence-corrected chi connectivity index (χ4v) is 7.18. The number of ketones is 1. The van der Waals surface area contributed by atoms with Crippen molar-refractivity contribution in [1.82, 2.24) is 0 Å². The topological polar surface area (TPSA) is 40.5 Å². The van der Waals surface area contributed by atoms with E-state index >= 15 is 0 Å². The summed E-state index contributed by atoms with van der Waals surface area (Å²) in [6.07, 6.45) is 8.67. The molecule has 3 heteroatoms. The minimum Gasteiger partial charge on any atom is -0.390 e. The molecule has 5 atom stereocenters. The molecule has 2 unspecified atom stereocenters. The van der Waals surface area contributed by atoms with Crippen molar-refractivity contribution in [1.29, 1.82) is 0 Å². The van der Waals surface area contributed by atoms with E-state index in [-0.39, 0.29) is 5.41 Å². The van der Waals surface area contributed by atoms with Crippen molar-refractivity contribution < 1.29 is 9.90 Å². The molecule has 0 aromatic heterocycles. The van der Waals surface area contributed by atoms with Gasteiger partial charge in [-0.25, -0.2) is 0 Å². The second kappa shape index (κ2) is 6.82. The van der Waals surface area contributed by atoms with Crippen LogP contribution in [0.25, 0.3) is 0 Å². The Morgan fingerprint density at radius 1 is 1.03 bits per heavy atom. The van der Waals surface area contributed by atoms with Crippen LogP contribution in [-0.4, -0.2) is 30.6 Å². The zero-order valence-electron chi connectivity index (χ0n) is 18.9. The summed E-state index contributed by atoms with van der Waals surface area (Å²) < 4.78 is 0. The van der Waals surface area contributed by atoms with Crippen molar-refractivity contribution in [2.75, 3.05) is 19.0 Å². The summed E-state index contributed by atoms with van der Waals surface area (Å²) in [5, 5.41) is 11.4. The Balaban J connectivity index is 1.66. The van der Waals surface area contributed by atoms with Crippen molar-refractivity contribution in [3.05, 3.63) is 52.6 Å². The molecule has 3 nitrogen and oxygen atoms in total. The number of anilines is 1. The largest absolute Gasteiger partial charge is 0.390 e. The third-order valence-electron chi connectivity index (χ3n) is 9.11. The summed E-state index contributed by atoms with van der Waals surface area (Å²) in [6.45, 7) is 4.42. The minimum atomic E-state index is -0.603. The normalized spacial score (nSPS) is 38.0. The van der Waals surface area contributed by atoms with E-state index in [4.69, 9.17) is 0 Å². The summed E-state index contributed by atoms with van der Waals surface area (Å²) in [5.74, 6) is 1.72. The second-order valence-corrected chi connectivity index (χ2v) is 10.8. The van der Waals surface area contributed by atoms with Crippen molar-refractivity contribution in [3.63, 3.8) is 0 Å². The number of fused-ring (bicyclic) bond motifs is 4. The standard InChI is InChI=1S/C27H35NO2/c1-26-16-23(17-5-8-19(9-6-17)28(3)4)25-21-12-10-20(29)15-18(21)7-11-22(25)24(26)13-14-27(26,2)30/h5-6,8-9,15,22-24,30H,7,10-14,16H2,1-4H3/t22-,23+,24?,26-,27?/m0/s1. The Kier molecular flexibility index (Phi) is 4.56. The molecular weight excluding hydrogens is 370 g/mol. The Labute approximate surface area is 180 Å². The van der Waals surface area contributed by atoms with Crippen LogP contribution < -0.4 is 4.90 Å². The average molecular weight is 406 g/mol. The van der Waals surface area contributed by atoms with Gasteiger partial charge in [0.05, 0.1) is 5.60 Å². The van der Waals surface area contributed by atoms with Crippen LogP contribution in [0.15, 0.2) is 47.1 Å². The maximum absolute atomic E-state index is 12.1. The van der Waals surface area contributed by atoms with Gasteiger partial charge in [0.15, 0.2) is 5.78 Å². The molecule has 5 rings (SSSR count). The van der Waals surface area contributed by atoms with Gasteiger partial charge < -0.3 is 10.0 Å². The van der Waals surface area contributed by atoms with E-state index < -0.39 is 5.60 Å². The molecule has 0 bridgehead atoms. The van der Waals surface area contributed by atoms with Gasteiger partial charge in [0.25, 0.3) is 0 Å². The molecule has 1 N–H and O–H groups in total. The van der Waals surface area contributed by atoms with E-state index in [2.05, 4.69) is 57.1 Å². The number of aliphatic hydroxyl groups is 1. The molecule has 4 aliphatic rings. The third-order valence-corrected chi connectivity index (χ3v) is 9.11. The number of nitrogens with zero attached hydrogens (tertiary/aromatic N) is 1. The maximum Gasteiger partial charge on any atom is 0.156 e. The molecule has 0 saturated heterocycles. The van der Waals surface area contributed by atoms with Gasteiger partial charge in [-0.05, 0) is 92.2 Å². The molecule has 1 aromatic carbocycles. The number of allylic oxidation sites excluding steroid dienone is 4. The molecule has 160 valence electrons. The molecule has 0 radical (unpaired) electrons. The van der Waals surface area contributed by atoms with Crippen LogP contribution in [0.1, 0.15) is 70.3 Å². The Bertz CT molecular complexity index is 936. The molecule has 2 saturated carbocycles. The van der Waals surface area contributed by atoms with Crippen LogP contribution in [0.3, 0.4) is 0 Å². The van der Waals surface area contributed by atoms with Gasteiger partial charge in [-0.1, -0.05) is 24.6 Å². The van der Waals surface area contributed by atoms with Gasteiger partial charge in [0, 0.05) is 37.5 Å². The summed E-state index contributed by atoms with van der Waals surface area (Å²) in [6, 6.07) is 9.04. The van der Waals surface area contributed by atoms with E-state index in [0.29, 0.717) is 30.0 Å². The lowest BCUT2D eigenvalue weighted by molar-refractivity contribution is -0.114. The lowest BCUT2D eigenvalue weighted by Crippen LogP contribution is -2.50. The predicted molar refractivity (Wildman–Crippen MR) is 122 cm³/mol. The fourth-order valence-electron chi connectivity index (χ4n) is 7.18. The molecule has 0 amide bonds. The lowest BCUT2D eigenvalue weighted by atomic mass is 9.51. The van der Waals surface area contributed by atoms with Crippen LogP contribution in [-0.2, 0) is 4.79 Å². The monoisotopic (exact) mass is 405 g/mol. The Hall–Kier alpha value is -1.87. The van der Waals surface area contributed by atoms with Gasteiger partial charge >= 0.3 is 0 Å². The molecule has 1 aromatic rings. The Morgan fingerprint density at radius 3 is 2.47 bits per heavy atom. The highest BCUT2D eigenvalue weighted by molar-refractivity contribution is 5.93. The fraction of sp³-hybridized carbons (Fsp3) is 0.593. The molecule has 0 heterocycles. The summed E-state index contributed by atoms with van der Waals surface area (Å²) >= 11 is 0. The molecule has 30 heavy (non-hydrogen) atoms. The lowest BCUT2D eigenvalue weighted by Gasteiger charge is -2.54. The first-order chi connectivity index (χ1) is 14.2. The van der Waals surface area contributed by atoms with Crippen LogP contribution in [0, 0.1) is 17.3 Å². The van der Waals surface area contributed by atoms with E-state index in [1.807, 2.05) is 6.08 Å². The average Bonchev–Trinajstić information content (AvgIpc) is 2.96. The Morgan fingerprint density at radius 2 is 1.77 bits per heavy atom. The van der Waals surface area contributed by atoms with Crippen LogP contribution in [0.5, 0.6) is 0 Å². The second-order valence-electron chi connectivity index (χ2n) is 10.8. The van der Waals surface area contributed by atoms with E-state index in [0.717, 1.165) is 38.5 Å². The highest BCUT2D eigenvalue weighted by Gasteiger charge is 2.60. The third kappa shape index (κ3) is 2.85. The molecule has 2 fully saturated rings. The van der Waals surface area contributed by atoms with Crippen molar-refractivity contribution in [3.8, 4) is 0 Å². The predicted octanol–water partition coefficient (Wildman–Crippen LogP) is 5.40. The van der Waals surface area contributed by atoms with E-state index in [1.54, 1.807) is 5.57 Å². The van der Waals surface area contributed by atoms with Gasteiger partial charge in [-0.15, -0.1) is 0 Å². The van der Waals surface area contributed by atoms with Crippen LogP contribution in [0.4, 0.5) is 5.69 Å². The SMILES string of the molecule is CN(C)c1ccc([C@H]2C[C@@]3(C)C(CCC3(C)O)[C@@H]3CCC4=CC(=O)CCC4=C32)cc1. The summed E-state index contributed by atoms with van der Waals surface area (Å²) in [7, 11) is 4.16. The zero-order chi connectivity index (χ0) is 21.3. The smallest absolute Gasteiger partial charge is 0.156 e. The van der Waals surface area contributed by atoms with Crippen molar-refractivity contribution in [2.45, 2.75) is 70.3 Å². The van der Waals surface area contributed by atoms with Crippen LogP contribution in [0.2, 0.25) is 0 Å². The number of carbonyl (C=O) groups is 1. The summed E-state index contributed by atoms with van der Waals surface area (Å²) in [5.41, 5.74) is 6.33. The number of benzene rings is 1. The van der Waals surface area contributed by atoms with E-state index in [1.165, 1.54) is 22.4 Å². The highest BCUT2D eigenvalue weighted by Crippen LogP contribution is 2.66. The first-order valence-electron chi connectivity index (χ1n) is 11.7.